The van der Waals surface area contributed by atoms with Crippen molar-refractivity contribution >= 4 is 0 Å². The molecule has 1 rings (SSSR count). The number of hydrogen-bond donors (Lipinski definition) is 0. The van der Waals surface area contributed by atoms with Crippen LogP contribution in [0.1, 0.15) is 30.4 Å². The maximum atomic E-state index is 3.88. The Morgan fingerprint density at radius 3 is 1.65 bits per heavy atom. The molecule has 0 fully saturated rings. The largest absolute Gasteiger partial charge is 0.103 e. The highest BCUT2D eigenvalue weighted by atomic mass is 14.3. The highest BCUT2D eigenvalue weighted by Crippen LogP contribution is 2.36. The van der Waals surface area contributed by atoms with Crippen LogP contribution >= 0.6 is 0 Å². The fraction of sp³-hybridized carbons (Fsp3) is 0.294. The number of hydrogen-bond acceptors (Lipinski definition) is 0. The molecule has 0 bridgehead atoms. The molecule has 0 heterocycles. The van der Waals surface area contributed by atoms with Crippen molar-refractivity contribution in [1.29, 1.82) is 0 Å². The van der Waals surface area contributed by atoms with Crippen molar-refractivity contribution in [2.24, 2.45) is 0 Å². The number of benzene rings is 1. The summed E-state index contributed by atoms with van der Waals surface area (Å²) in [6.07, 6.45) is 8.84. The fourth-order valence-electron chi connectivity index (χ4n) is 2.34. The van der Waals surface area contributed by atoms with Crippen molar-refractivity contribution in [3.05, 3.63) is 73.4 Å². The summed E-state index contributed by atoms with van der Waals surface area (Å²) in [4.78, 5) is 0. The normalized spacial score (nSPS) is 10.9. The van der Waals surface area contributed by atoms with Gasteiger partial charge in [0.25, 0.3) is 0 Å². The van der Waals surface area contributed by atoms with Gasteiger partial charge >= 0.3 is 0 Å². The molecule has 0 amide bonds. The first kappa shape index (κ1) is 13.5. The molecule has 1 aromatic carbocycles. The lowest BCUT2D eigenvalue weighted by atomic mass is 9.72. The van der Waals surface area contributed by atoms with Crippen LogP contribution in [-0.2, 0) is 5.41 Å². The Balaban J connectivity index is 3.17. The lowest BCUT2D eigenvalue weighted by Gasteiger charge is -2.32. The molecular formula is C17H22. The Hall–Kier alpha value is -1.56. The molecule has 0 spiro atoms. The molecule has 0 N–H and O–H groups in total. The van der Waals surface area contributed by atoms with E-state index in [4.69, 9.17) is 0 Å². The van der Waals surface area contributed by atoms with E-state index in [1.54, 1.807) is 0 Å². The SMILES string of the molecule is C=CCC(CC=C)(CC=C)c1ccc(C)cc1. The van der Waals surface area contributed by atoms with Crippen LogP contribution in [0.2, 0.25) is 0 Å². The molecule has 0 aromatic heterocycles. The third-order valence-corrected chi connectivity index (χ3v) is 3.27. The Bertz CT molecular complexity index is 354. The van der Waals surface area contributed by atoms with Crippen molar-refractivity contribution in [2.75, 3.05) is 0 Å². The van der Waals surface area contributed by atoms with Gasteiger partial charge in [-0.15, -0.1) is 19.7 Å². The highest BCUT2D eigenvalue weighted by molar-refractivity contribution is 5.31. The molecule has 0 radical (unpaired) electrons. The van der Waals surface area contributed by atoms with Crippen LogP contribution in [0.25, 0.3) is 0 Å². The number of rotatable bonds is 7. The van der Waals surface area contributed by atoms with E-state index in [1.807, 2.05) is 18.2 Å². The molecule has 90 valence electrons. The van der Waals surface area contributed by atoms with Crippen LogP contribution in [0, 0.1) is 6.92 Å². The summed E-state index contributed by atoms with van der Waals surface area (Å²) in [5, 5.41) is 0. The first-order valence-corrected chi connectivity index (χ1v) is 6.08. The minimum Gasteiger partial charge on any atom is -0.103 e. The molecule has 0 nitrogen and oxygen atoms in total. The van der Waals surface area contributed by atoms with Crippen molar-refractivity contribution < 1.29 is 0 Å². The van der Waals surface area contributed by atoms with Crippen LogP contribution in [0.5, 0.6) is 0 Å². The van der Waals surface area contributed by atoms with Gasteiger partial charge in [0.05, 0.1) is 0 Å². The minimum absolute atomic E-state index is 0.0823. The topological polar surface area (TPSA) is 0 Å². The molecule has 17 heavy (non-hydrogen) atoms. The van der Waals surface area contributed by atoms with Gasteiger partial charge in [-0.25, -0.2) is 0 Å². The van der Waals surface area contributed by atoms with Gasteiger partial charge in [-0.05, 0) is 31.7 Å². The highest BCUT2D eigenvalue weighted by Gasteiger charge is 2.27. The van der Waals surface area contributed by atoms with Crippen LogP contribution in [0.3, 0.4) is 0 Å². The summed E-state index contributed by atoms with van der Waals surface area (Å²) in [6, 6.07) is 8.76. The Morgan fingerprint density at radius 2 is 1.29 bits per heavy atom. The second kappa shape index (κ2) is 6.24. The smallest absolute Gasteiger partial charge is 0.00560 e. The van der Waals surface area contributed by atoms with Crippen LogP contribution in [-0.4, -0.2) is 0 Å². The lowest BCUT2D eigenvalue weighted by Crippen LogP contribution is -2.24. The monoisotopic (exact) mass is 226 g/mol. The number of allylic oxidation sites excluding steroid dienone is 3. The Labute approximate surface area is 105 Å². The molecule has 0 saturated heterocycles. The van der Waals surface area contributed by atoms with Gasteiger partial charge < -0.3 is 0 Å². The first-order chi connectivity index (χ1) is 8.18. The van der Waals surface area contributed by atoms with Gasteiger partial charge in [0.1, 0.15) is 0 Å². The van der Waals surface area contributed by atoms with Crippen LogP contribution < -0.4 is 0 Å². The Kier molecular flexibility index (Phi) is 4.96. The molecule has 0 heteroatoms. The summed E-state index contributed by atoms with van der Waals surface area (Å²) in [5.74, 6) is 0. The molecule has 1 aromatic rings. The van der Waals surface area contributed by atoms with Gasteiger partial charge in [0.2, 0.25) is 0 Å². The summed E-state index contributed by atoms with van der Waals surface area (Å²) in [6.45, 7) is 13.8. The molecule has 0 unspecified atom stereocenters. The van der Waals surface area contributed by atoms with Gasteiger partial charge in [-0.2, -0.15) is 0 Å². The second-order valence-corrected chi connectivity index (χ2v) is 4.62. The predicted molar refractivity (Wildman–Crippen MR) is 77.3 cm³/mol. The molecule has 0 aliphatic rings. The zero-order valence-corrected chi connectivity index (χ0v) is 10.8. The molecular weight excluding hydrogens is 204 g/mol. The second-order valence-electron chi connectivity index (χ2n) is 4.62. The quantitative estimate of drug-likeness (QED) is 0.576. The van der Waals surface area contributed by atoms with E-state index in [-0.39, 0.29) is 5.41 Å². The van der Waals surface area contributed by atoms with E-state index in [2.05, 4.69) is 50.9 Å². The summed E-state index contributed by atoms with van der Waals surface area (Å²) < 4.78 is 0. The van der Waals surface area contributed by atoms with Gasteiger partial charge in [-0.3, -0.25) is 0 Å². The summed E-state index contributed by atoms with van der Waals surface area (Å²) >= 11 is 0. The average Bonchev–Trinajstić information content (AvgIpc) is 2.30. The van der Waals surface area contributed by atoms with E-state index < -0.39 is 0 Å². The maximum Gasteiger partial charge on any atom is 0.00560 e. The average molecular weight is 226 g/mol. The van der Waals surface area contributed by atoms with Crippen molar-refractivity contribution in [1.82, 2.24) is 0 Å². The van der Waals surface area contributed by atoms with E-state index in [9.17, 15) is 0 Å². The van der Waals surface area contributed by atoms with Crippen molar-refractivity contribution in [3.8, 4) is 0 Å². The van der Waals surface area contributed by atoms with Gasteiger partial charge in [-0.1, -0.05) is 48.1 Å². The maximum absolute atomic E-state index is 3.88. The van der Waals surface area contributed by atoms with E-state index in [0.717, 1.165) is 19.3 Å². The lowest BCUT2D eigenvalue weighted by molar-refractivity contribution is 0.442. The minimum atomic E-state index is 0.0823. The predicted octanol–water partition coefficient (Wildman–Crippen LogP) is 4.96. The van der Waals surface area contributed by atoms with Crippen LogP contribution in [0.15, 0.2) is 62.2 Å². The summed E-state index contributed by atoms with van der Waals surface area (Å²) in [7, 11) is 0. The van der Waals surface area contributed by atoms with Crippen molar-refractivity contribution in [3.63, 3.8) is 0 Å². The van der Waals surface area contributed by atoms with E-state index in [0.29, 0.717) is 0 Å². The molecule has 0 aliphatic carbocycles. The third-order valence-electron chi connectivity index (χ3n) is 3.27. The first-order valence-electron chi connectivity index (χ1n) is 6.08. The molecule has 0 aliphatic heterocycles. The van der Waals surface area contributed by atoms with E-state index in [1.165, 1.54) is 11.1 Å². The summed E-state index contributed by atoms with van der Waals surface area (Å²) in [5.41, 5.74) is 2.72. The molecule has 0 saturated carbocycles. The third kappa shape index (κ3) is 3.20. The zero-order chi connectivity index (χ0) is 12.7. The van der Waals surface area contributed by atoms with Crippen LogP contribution in [0.4, 0.5) is 0 Å². The molecule has 0 atom stereocenters. The zero-order valence-electron chi connectivity index (χ0n) is 10.8. The van der Waals surface area contributed by atoms with Gasteiger partial charge in [0.15, 0.2) is 0 Å². The van der Waals surface area contributed by atoms with E-state index >= 15 is 0 Å². The Morgan fingerprint density at radius 1 is 0.882 bits per heavy atom. The number of aryl methyl sites for hydroxylation is 1. The standard InChI is InChI=1S/C17H22/c1-5-12-17(13-6-2,14-7-3)16-10-8-15(4)9-11-16/h5-11H,1-3,12-14H2,4H3. The van der Waals surface area contributed by atoms with Gasteiger partial charge in [0, 0.05) is 5.41 Å². The fourth-order valence-corrected chi connectivity index (χ4v) is 2.34. The van der Waals surface area contributed by atoms with Crippen molar-refractivity contribution in [2.45, 2.75) is 31.6 Å².